The quantitative estimate of drug-likeness (QED) is 0.445. The molecular formula is C18H12ClF2NO3S. The molecule has 0 radical (unpaired) electrons. The van der Waals surface area contributed by atoms with Gasteiger partial charge in [0.25, 0.3) is 0 Å². The van der Waals surface area contributed by atoms with Gasteiger partial charge in [-0.2, -0.15) is 0 Å². The summed E-state index contributed by atoms with van der Waals surface area (Å²) >= 11 is 7.15. The minimum absolute atomic E-state index is 0.110. The fraction of sp³-hybridized carbons (Fsp3) is 0.111. The maximum Gasteiger partial charge on any atom is 0.340 e. The first-order chi connectivity index (χ1) is 12.5. The lowest BCUT2D eigenvalue weighted by Gasteiger charge is -2.05. The van der Waals surface area contributed by atoms with Gasteiger partial charge in [-0.15, -0.1) is 11.3 Å². The summed E-state index contributed by atoms with van der Waals surface area (Å²) in [4.78, 5) is 16.4. The summed E-state index contributed by atoms with van der Waals surface area (Å²) in [5, 5.41) is 2.29. The van der Waals surface area contributed by atoms with E-state index < -0.39 is 17.6 Å². The standard InChI is InChI=1S/C18H12ClF2NO3S/c1-24-12-4-2-10(3-5-12)17-22-11(9-26-17)8-25-18(23)13-6-15(20)16(21)7-14(13)19/h2-7,9H,8H2,1H3. The second kappa shape index (κ2) is 7.80. The van der Waals surface area contributed by atoms with Gasteiger partial charge in [0.05, 0.1) is 23.4 Å². The Bertz CT molecular complexity index is 944. The molecule has 0 fully saturated rings. The molecule has 0 saturated carbocycles. The fourth-order valence-corrected chi connectivity index (χ4v) is 3.17. The second-order valence-electron chi connectivity index (χ2n) is 5.19. The zero-order valence-corrected chi connectivity index (χ0v) is 15.0. The topological polar surface area (TPSA) is 48.4 Å². The molecule has 8 heteroatoms. The number of carbonyl (C=O) groups is 1. The zero-order chi connectivity index (χ0) is 18.7. The number of benzene rings is 2. The third kappa shape index (κ3) is 4.00. The number of rotatable bonds is 5. The molecule has 134 valence electrons. The molecule has 0 spiro atoms. The number of methoxy groups -OCH3 is 1. The minimum atomic E-state index is -1.17. The van der Waals surface area contributed by atoms with Crippen LogP contribution >= 0.6 is 22.9 Å². The van der Waals surface area contributed by atoms with Gasteiger partial charge in [-0.1, -0.05) is 11.6 Å². The summed E-state index contributed by atoms with van der Waals surface area (Å²) in [5.74, 6) is -2.41. The SMILES string of the molecule is COc1ccc(-c2nc(COC(=O)c3cc(F)c(F)cc3Cl)cs2)cc1. The van der Waals surface area contributed by atoms with Gasteiger partial charge in [0.2, 0.25) is 0 Å². The zero-order valence-electron chi connectivity index (χ0n) is 13.5. The normalized spacial score (nSPS) is 10.6. The van der Waals surface area contributed by atoms with E-state index in [4.69, 9.17) is 21.1 Å². The van der Waals surface area contributed by atoms with Gasteiger partial charge < -0.3 is 9.47 Å². The second-order valence-corrected chi connectivity index (χ2v) is 6.46. The molecule has 0 N–H and O–H groups in total. The van der Waals surface area contributed by atoms with Crippen LogP contribution in [0.3, 0.4) is 0 Å². The maximum absolute atomic E-state index is 13.3. The number of aromatic nitrogens is 1. The third-order valence-electron chi connectivity index (χ3n) is 3.47. The Labute approximate surface area is 157 Å². The Balaban J connectivity index is 1.68. The van der Waals surface area contributed by atoms with Crippen molar-refractivity contribution in [1.29, 1.82) is 0 Å². The van der Waals surface area contributed by atoms with E-state index in [1.807, 2.05) is 24.3 Å². The Kier molecular flexibility index (Phi) is 5.49. The largest absolute Gasteiger partial charge is 0.497 e. The summed E-state index contributed by atoms with van der Waals surface area (Å²) in [7, 11) is 1.59. The number of carbonyl (C=O) groups excluding carboxylic acids is 1. The van der Waals surface area contributed by atoms with E-state index in [0.717, 1.165) is 22.4 Å². The number of halogens is 3. The monoisotopic (exact) mass is 395 g/mol. The van der Waals surface area contributed by atoms with E-state index in [-0.39, 0.29) is 17.2 Å². The van der Waals surface area contributed by atoms with E-state index in [0.29, 0.717) is 11.8 Å². The van der Waals surface area contributed by atoms with Crippen molar-refractivity contribution in [3.8, 4) is 16.3 Å². The van der Waals surface area contributed by atoms with Crippen molar-refractivity contribution in [2.24, 2.45) is 0 Å². The summed E-state index contributed by atoms with van der Waals surface area (Å²) in [6.07, 6.45) is 0. The van der Waals surface area contributed by atoms with Crippen molar-refractivity contribution in [3.05, 3.63) is 69.7 Å². The van der Waals surface area contributed by atoms with Crippen LogP contribution in [-0.4, -0.2) is 18.1 Å². The van der Waals surface area contributed by atoms with Crippen LogP contribution in [0.2, 0.25) is 5.02 Å². The predicted octanol–water partition coefficient (Wildman–Crippen LogP) is 5.11. The number of hydrogen-bond donors (Lipinski definition) is 0. The van der Waals surface area contributed by atoms with Crippen LogP contribution in [0.25, 0.3) is 10.6 Å². The lowest BCUT2D eigenvalue weighted by molar-refractivity contribution is 0.0468. The third-order valence-corrected chi connectivity index (χ3v) is 4.72. The number of ether oxygens (including phenoxy) is 2. The summed E-state index contributed by atoms with van der Waals surface area (Å²) in [6.45, 7) is -0.110. The molecule has 1 aromatic heterocycles. The first-order valence-electron chi connectivity index (χ1n) is 7.38. The van der Waals surface area contributed by atoms with Crippen LogP contribution < -0.4 is 4.74 Å². The Morgan fingerprint density at radius 2 is 1.88 bits per heavy atom. The molecule has 0 aliphatic rings. The Morgan fingerprint density at radius 1 is 1.19 bits per heavy atom. The molecule has 0 aliphatic carbocycles. The summed E-state index contributed by atoms with van der Waals surface area (Å²) in [5.41, 5.74) is 1.20. The summed E-state index contributed by atoms with van der Waals surface area (Å²) in [6, 6.07) is 8.83. The average Bonchev–Trinajstić information content (AvgIpc) is 3.12. The molecule has 0 unspecified atom stereocenters. The highest BCUT2D eigenvalue weighted by Crippen LogP contribution is 2.26. The maximum atomic E-state index is 13.3. The van der Waals surface area contributed by atoms with E-state index in [1.54, 1.807) is 12.5 Å². The predicted molar refractivity (Wildman–Crippen MR) is 94.6 cm³/mol. The van der Waals surface area contributed by atoms with Crippen LogP contribution in [0.1, 0.15) is 16.1 Å². The van der Waals surface area contributed by atoms with Gasteiger partial charge in [-0.05, 0) is 36.4 Å². The van der Waals surface area contributed by atoms with Gasteiger partial charge in [0, 0.05) is 10.9 Å². The van der Waals surface area contributed by atoms with Gasteiger partial charge in [0.15, 0.2) is 11.6 Å². The van der Waals surface area contributed by atoms with Crippen molar-refractivity contribution >= 4 is 28.9 Å². The van der Waals surface area contributed by atoms with Crippen molar-refractivity contribution in [2.45, 2.75) is 6.61 Å². The minimum Gasteiger partial charge on any atom is -0.497 e. The summed E-state index contributed by atoms with van der Waals surface area (Å²) < 4.78 is 36.5. The molecule has 0 saturated heterocycles. The van der Waals surface area contributed by atoms with Gasteiger partial charge in [-0.25, -0.2) is 18.6 Å². The molecule has 4 nitrogen and oxygen atoms in total. The van der Waals surface area contributed by atoms with Crippen LogP contribution in [0, 0.1) is 11.6 Å². The molecule has 3 aromatic rings. The van der Waals surface area contributed by atoms with Crippen molar-refractivity contribution in [3.63, 3.8) is 0 Å². The van der Waals surface area contributed by atoms with Gasteiger partial charge in [0.1, 0.15) is 17.4 Å². The molecule has 3 rings (SSSR count). The van der Waals surface area contributed by atoms with E-state index >= 15 is 0 Å². The Hall–Kier alpha value is -2.51. The molecule has 2 aromatic carbocycles. The first kappa shape index (κ1) is 18.3. The highest BCUT2D eigenvalue weighted by Gasteiger charge is 2.17. The van der Waals surface area contributed by atoms with Crippen molar-refractivity contribution in [2.75, 3.05) is 7.11 Å². The molecule has 0 aliphatic heterocycles. The molecular weight excluding hydrogens is 384 g/mol. The van der Waals surface area contributed by atoms with Crippen LogP contribution in [-0.2, 0) is 11.3 Å². The highest BCUT2D eigenvalue weighted by atomic mass is 35.5. The van der Waals surface area contributed by atoms with Crippen molar-refractivity contribution in [1.82, 2.24) is 4.98 Å². The smallest absolute Gasteiger partial charge is 0.340 e. The van der Waals surface area contributed by atoms with Crippen LogP contribution in [0.4, 0.5) is 8.78 Å². The first-order valence-corrected chi connectivity index (χ1v) is 8.64. The van der Waals surface area contributed by atoms with Crippen molar-refractivity contribution < 1.29 is 23.0 Å². The molecule has 0 bridgehead atoms. The van der Waals surface area contributed by atoms with E-state index in [2.05, 4.69) is 4.98 Å². The fourth-order valence-electron chi connectivity index (χ4n) is 2.14. The van der Waals surface area contributed by atoms with E-state index in [9.17, 15) is 13.6 Å². The number of thiazole rings is 1. The number of esters is 1. The molecule has 0 atom stereocenters. The highest BCUT2D eigenvalue weighted by molar-refractivity contribution is 7.13. The van der Waals surface area contributed by atoms with Crippen LogP contribution in [0.15, 0.2) is 41.8 Å². The molecule has 26 heavy (non-hydrogen) atoms. The van der Waals surface area contributed by atoms with Gasteiger partial charge in [-0.3, -0.25) is 0 Å². The van der Waals surface area contributed by atoms with E-state index in [1.165, 1.54) is 11.3 Å². The number of hydrogen-bond acceptors (Lipinski definition) is 5. The van der Waals surface area contributed by atoms with Gasteiger partial charge >= 0.3 is 5.97 Å². The lowest BCUT2D eigenvalue weighted by Crippen LogP contribution is -2.07. The molecule has 0 amide bonds. The van der Waals surface area contributed by atoms with Crippen LogP contribution in [0.5, 0.6) is 5.75 Å². The average molecular weight is 396 g/mol. The Morgan fingerprint density at radius 3 is 2.58 bits per heavy atom. The lowest BCUT2D eigenvalue weighted by atomic mass is 10.2. The molecule has 1 heterocycles. The number of nitrogens with zero attached hydrogens (tertiary/aromatic N) is 1.